The lowest BCUT2D eigenvalue weighted by Gasteiger charge is -2.11. The molecule has 5 aromatic rings. The van der Waals surface area contributed by atoms with Crippen LogP contribution in [0.1, 0.15) is 12.2 Å². The first-order chi connectivity index (χ1) is 15.7. The number of hydrogen-bond donors (Lipinski definition) is 1. The van der Waals surface area contributed by atoms with Crippen molar-refractivity contribution >= 4 is 39.3 Å². The summed E-state index contributed by atoms with van der Waals surface area (Å²) in [7, 11) is 1.63. The van der Waals surface area contributed by atoms with Crippen LogP contribution in [0.25, 0.3) is 27.6 Å². The van der Waals surface area contributed by atoms with Gasteiger partial charge in [0.15, 0.2) is 5.16 Å². The molecule has 2 aromatic carbocycles. The Morgan fingerprint density at radius 1 is 1.03 bits per heavy atom. The lowest BCUT2D eigenvalue weighted by Crippen LogP contribution is -2.24. The molecule has 3 aromatic heterocycles. The van der Waals surface area contributed by atoms with Crippen molar-refractivity contribution in [1.29, 1.82) is 0 Å². The molecule has 32 heavy (non-hydrogen) atoms. The number of benzene rings is 2. The largest absolute Gasteiger partial charge is 0.385 e. The highest BCUT2D eigenvalue weighted by Gasteiger charge is 2.17. The fourth-order valence-electron chi connectivity index (χ4n) is 3.73. The third-order valence-electron chi connectivity index (χ3n) is 5.21. The van der Waals surface area contributed by atoms with E-state index in [-0.39, 0.29) is 11.1 Å². The molecule has 162 valence electrons. The van der Waals surface area contributed by atoms with Gasteiger partial charge in [-0.3, -0.25) is 18.6 Å². The van der Waals surface area contributed by atoms with E-state index in [4.69, 9.17) is 4.74 Å². The van der Waals surface area contributed by atoms with Crippen LogP contribution in [0.4, 0.5) is 0 Å². The molecule has 0 spiro atoms. The minimum Gasteiger partial charge on any atom is -0.385 e. The average Bonchev–Trinajstić information content (AvgIpc) is 3.24. The molecule has 0 aliphatic rings. The second-order valence-corrected chi connectivity index (χ2v) is 8.20. The van der Waals surface area contributed by atoms with Gasteiger partial charge in [-0.05, 0) is 30.7 Å². The number of methoxy groups -OCH3 is 1. The Labute approximate surface area is 186 Å². The van der Waals surface area contributed by atoms with E-state index in [9.17, 15) is 9.59 Å². The molecule has 5 rings (SSSR count). The zero-order valence-corrected chi connectivity index (χ0v) is 18.1. The Kier molecular flexibility index (Phi) is 5.46. The second-order valence-electron chi connectivity index (χ2n) is 7.26. The molecule has 1 N–H and O–H groups in total. The molecular weight excluding hydrogens is 428 g/mol. The maximum atomic E-state index is 13.1. The molecule has 3 heterocycles. The number of H-pyrrole nitrogens is 1. The molecule has 9 nitrogen and oxygen atoms in total. The van der Waals surface area contributed by atoms with E-state index in [2.05, 4.69) is 20.2 Å². The Bertz CT molecular complexity index is 1550. The number of para-hydroxylation sites is 2. The summed E-state index contributed by atoms with van der Waals surface area (Å²) in [6, 6.07) is 14.6. The van der Waals surface area contributed by atoms with Crippen molar-refractivity contribution in [2.75, 3.05) is 13.7 Å². The smallest absolute Gasteiger partial charge is 0.262 e. The normalized spacial score (nSPS) is 11.7. The standard InChI is InChI=1S/C22H20N6O3S/c1-31-12-6-11-27-20(30)15-8-3-5-10-17(15)28-21(27)25-26-22(28)32-13-18-23-16-9-4-2-7-14(16)19(29)24-18/h2-5,7-10H,6,11-13H2,1H3,(H,23,24,29). The van der Waals surface area contributed by atoms with Crippen LogP contribution < -0.4 is 11.1 Å². The van der Waals surface area contributed by atoms with Crippen LogP contribution in [0.15, 0.2) is 63.3 Å². The van der Waals surface area contributed by atoms with Crippen molar-refractivity contribution in [1.82, 2.24) is 29.1 Å². The van der Waals surface area contributed by atoms with Crippen LogP contribution in [0.2, 0.25) is 0 Å². The summed E-state index contributed by atoms with van der Waals surface area (Å²) in [6.07, 6.45) is 0.683. The molecule has 10 heteroatoms. The van der Waals surface area contributed by atoms with Crippen molar-refractivity contribution in [3.63, 3.8) is 0 Å². The topological polar surface area (TPSA) is 107 Å². The number of ether oxygens (including phenoxy) is 1. The predicted molar refractivity (Wildman–Crippen MR) is 123 cm³/mol. The second kappa shape index (κ2) is 8.56. The fourth-order valence-corrected chi connectivity index (χ4v) is 4.54. The molecule has 0 aliphatic carbocycles. The molecule has 0 radical (unpaired) electrons. The average molecular weight is 449 g/mol. The van der Waals surface area contributed by atoms with Crippen molar-refractivity contribution < 1.29 is 4.74 Å². The fraction of sp³-hybridized carbons (Fsp3) is 0.227. The van der Waals surface area contributed by atoms with E-state index in [1.165, 1.54) is 11.8 Å². The summed E-state index contributed by atoms with van der Waals surface area (Å²) in [5.41, 5.74) is 1.11. The van der Waals surface area contributed by atoms with Crippen LogP contribution in [0.5, 0.6) is 0 Å². The first-order valence-electron chi connectivity index (χ1n) is 10.1. The van der Waals surface area contributed by atoms with Crippen molar-refractivity contribution in [3.8, 4) is 0 Å². The number of nitrogens with zero attached hydrogens (tertiary/aromatic N) is 5. The van der Waals surface area contributed by atoms with Gasteiger partial charge in [-0.25, -0.2) is 4.98 Å². The van der Waals surface area contributed by atoms with E-state index in [1.54, 1.807) is 23.8 Å². The Balaban J connectivity index is 1.56. The van der Waals surface area contributed by atoms with Gasteiger partial charge in [0.2, 0.25) is 5.78 Å². The van der Waals surface area contributed by atoms with E-state index < -0.39 is 0 Å². The monoisotopic (exact) mass is 448 g/mol. The maximum absolute atomic E-state index is 13.1. The first-order valence-corrected chi connectivity index (χ1v) is 11.1. The molecule has 0 saturated heterocycles. The molecule has 0 unspecified atom stereocenters. The SMILES string of the molecule is COCCCn1c(=O)c2ccccc2n2c(SCc3nc4ccccc4c(=O)[nH]3)nnc12. The zero-order valence-electron chi connectivity index (χ0n) is 17.3. The van der Waals surface area contributed by atoms with Gasteiger partial charge in [-0.1, -0.05) is 36.0 Å². The van der Waals surface area contributed by atoms with Crippen molar-refractivity contribution in [2.24, 2.45) is 0 Å². The number of aromatic amines is 1. The molecule has 0 atom stereocenters. The van der Waals surface area contributed by atoms with Crippen molar-refractivity contribution in [3.05, 3.63) is 75.1 Å². The summed E-state index contributed by atoms with van der Waals surface area (Å²) in [6.45, 7) is 1.02. The molecule has 0 fully saturated rings. The van der Waals surface area contributed by atoms with Crippen LogP contribution in [0, 0.1) is 0 Å². The van der Waals surface area contributed by atoms with E-state index in [0.29, 0.717) is 58.4 Å². The third-order valence-corrected chi connectivity index (χ3v) is 6.15. The van der Waals surface area contributed by atoms with E-state index in [0.717, 1.165) is 5.52 Å². The third kappa shape index (κ3) is 3.57. The highest BCUT2D eigenvalue weighted by molar-refractivity contribution is 7.98. The van der Waals surface area contributed by atoms with Gasteiger partial charge in [0.1, 0.15) is 5.82 Å². The molecule has 0 saturated carbocycles. The Hall–Kier alpha value is -3.50. The maximum Gasteiger partial charge on any atom is 0.262 e. The van der Waals surface area contributed by atoms with Gasteiger partial charge in [0, 0.05) is 20.3 Å². The Morgan fingerprint density at radius 2 is 1.81 bits per heavy atom. The van der Waals surface area contributed by atoms with Gasteiger partial charge in [0.25, 0.3) is 11.1 Å². The van der Waals surface area contributed by atoms with Gasteiger partial charge in [0.05, 0.1) is 27.6 Å². The number of aryl methyl sites for hydroxylation is 1. The molecule has 0 aliphatic heterocycles. The lowest BCUT2D eigenvalue weighted by atomic mass is 10.2. The van der Waals surface area contributed by atoms with Crippen LogP contribution in [-0.2, 0) is 17.0 Å². The number of nitrogens with one attached hydrogen (secondary N) is 1. The number of hydrogen-bond acceptors (Lipinski definition) is 7. The first kappa shape index (κ1) is 20.4. The summed E-state index contributed by atoms with van der Waals surface area (Å²) in [5, 5.41) is 10.4. The van der Waals surface area contributed by atoms with Crippen LogP contribution in [0.3, 0.4) is 0 Å². The Morgan fingerprint density at radius 3 is 2.66 bits per heavy atom. The minimum absolute atomic E-state index is 0.103. The van der Waals surface area contributed by atoms with Gasteiger partial charge >= 0.3 is 0 Å². The number of aromatic nitrogens is 6. The number of thioether (sulfide) groups is 1. The quantitative estimate of drug-likeness (QED) is 0.301. The number of rotatable bonds is 7. The van der Waals surface area contributed by atoms with Crippen LogP contribution >= 0.6 is 11.8 Å². The predicted octanol–water partition coefficient (Wildman–Crippen LogP) is 2.61. The van der Waals surface area contributed by atoms with Gasteiger partial charge in [-0.2, -0.15) is 0 Å². The molecule has 0 bridgehead atoms. The summed E-state index contributed by atoms with van der Waals surface area (Å²) < 4.78 is 8.65. The van der Waals surface area contributed by atoms with E-state index >= 15 is 0 Å². The molecular formula is C22H20N6O3S. The summed E-state index contributed by atoms with van der Waals surface area (Å²) in [5.74, 6) is 1.43. The van der Waals surface area contributed by atoms with E-state index in [1.807, 2.05) is 40.8 Å². The summed E-state index contributed by atoms with van der Waals surface area (Å²) >= 11 is 1.40. The number of fused-ring (bicyclic) bond motifs is 4. The van der Waals surface area contributed by atoms with Gasteiger partial charge < -0.3 is 9.72 Å². The minimum atomic E-state index is -0.172. The molecule has 0 amide bonds. The highest BCUT2D eigenvalue weighted by Crippen LogP contribution is 2.24. The van der Waals surface area contributed by atoms with Crippen molar-refractivity contribution in [2.45, 2.75) is 23.9 Å². The van der Waals surface area contributed by atoms with Gasteiger partial charge in [-0.15, -0.1) is 10.2 Å². The zero-order chi connectivity index (χ0) is 22.1. The lowest BCUT2D eigenvalue weighted by molar-refractivity contribution is 0.190. The summed E-state index contributed by atoms with van der Waals surface area (Å²) in [4.78, 5) is 32.8. The van der Waals surface area contributed by atoms with Crippen LogP contribution in [-0.4, -0.2) is 42.8 Å². The highest BCUT2D eigenvalue weighted by atomic mass is 32.2.